The second kappa shape index (κ2) is 9.66. The van der Waals surface area contributed by atoms with Crippen molar-refractivity contribution >= 4 is 11.9 Å². The van der Waals surface area contributed by atoms with Crippen molar-refractivity contribution in [3.05, 3.63) is 43.0 Å². The fraction of sp³-hybridized carbons (Fsp3) is 0.478. The van der Waals surface area contributed by atoms with Gasteiger partial charge in [-0.2, -0.15) is 4.68 Å². The molecule has 2 saturated heterocycles. The highest BCUT2D eigenvalue weighted by molar-refractivity contribution is 5.78. The Balaban J connectivity index is 1.21. The first-order valence-electron chi connectivity index (χ1n) is 11.6. The quantitative estimate of drug-likeness (QED) is 0.443. The van der Waals surface area contributed by atoms with E-state index in [2.05, 4.69) is 25.8 Å². The molecule has 190 valence electrons. The van der Waals surface area contributed by atoms with Gasteiger partial charge in [-0.3, -0.25) is 9.59 Å². The molecule has 0 saturated carbocycles. The second-order valence-electron chi connectivity index (χ2n) is 9.72. The third kappa shape index (κ3) is 5.06. The van der Waals surface area contributed by atoms with Crippen LogP contribution in [0.15, 0.2) is 43.0 Å². The number of amides is 1. The smallest absolute Gasteiger partial charge is 0.341 e. The molecule has 2 aromatic heterocycles. The van der Waals surface area contributed by atoms with Crippen LogP contribution < -0.4 is 10.1 Å². The molecule has 1 amide bonds. The summed E-state index contributed by atoms with van der Waals surface area (Å²) >= 11 is 0. The lowest BCUT2D eigenvalue weighted by Crippen LogP contribution is -2.45. The Labute approximate surface area is 206 Å². The number of tetrazole rings is 1. The third-order valence-electron chi connectivity index (χ3n) is 6.27. The average Bonchev–Trinajstić information content (AvgIpc) is 3.60. The van der Waals surface area contributed by atoms with Crippen LogP contribution in [0.1, 0.15) is 32.7 Å². The topological polar surface area (TPSA) is 156 Å². The van der Waals surface area contributed by atoms with Gasteiger partial charge in [-0.1, -0.05) is 18.9 Å². The number of fused-ring (bicyclic) bond motifs is 1. The first kappa shape index (κ1) is 23.9. The van der Waals surface area contributed by atoms with E-state index in [0.29, 0.717) is 5.75 Å². The van der Waals surface area contributed by atoms with E-state index in [1.807, 2.05) is 35.0 Å². The zero-order valence-electron chi connectivity index (χ0n) is 19.9. The number of benzene rings is 1. The molecule has 2 fully saturated rings. The predicted molar refractivity (Wildman–Crippen MR) is 123 cm³/mol. The van der Waals surface area contributed by atoms with E-state index >= 15 is 0 Å². The zero-order chi connectivity index (χ0) is 25.3. The summed E-state index contributed by atoms with van der Waals surface area (Å²) in [5.41, 5.74) is 0.272. The van der Waals surface area contributed by atoms with E-state index in [-0.39, 0.29) is 62.3 Å². The number of carboxylic acids is 1. The van der Waals surface area contributed by atoms with Crippen LogP contribution in [0.5, 0.6) is 11.8 Å². The van der Waals surface area contributed by atoms with Crippen LogP contribution in [0.4, 0.5) is 0 Å². The number of nitrogens with one attached hydrogen (secondary N) is 1. The molecule has 0 aliphatic carbocycles. The fourth-order valence-electron chi connectivity index (χ4n) is 4.64. The maximum atomic E-state index is 12.6. The molecule has 2 aliphatic heterocycles. The first-order valence-corrected chi connectivity index (χ1v) is 11.6. The van der Waals surface area contributed by atoms with Gasteiger partial charge >= 0.3 is 12.0 Å². The molecule has 13 heteroatoms. The maximum Gasteiger partial charge on any atom is 0.341 e. The van der Waals surface area contributed by atoms with Gasteiger partial charge in [-0.25, -0.2) is 4.98 Å². The number of ether oxygens (including phenoxy) is 3. The van der Waals surface area contributed by atoms with Gasteiger partial charge in [0.15, 0.2) is 0 Å². The van der Waals surface area contributed by atoms with Crippen LogP contribution in [0.3, 0.4) is 0 Å². The molecule has 0 unspecified atom stereocenters. The van der Waals surface area contributed by atoms with Crippen molar-refractivity contribution in [2.45, 2.75) is 51.0 Å². The Hall–Kier alpha value is -3.84. The van der Waals surface area contributed by atoms with Crippen molar-refractivity contribution in [2.75, 3.05) is 13.2 Å². The number of carbonyl (C=O) groups excluding carboxylic acids is 1. The highest BCUT2D eigenvalue weighted by Gasteiger charge is 2.50. The molecule has 5 rings (SSSR count). The van der Waals surface area contributed by atoms with Crippen LogP contribution in [0.25, 0.3) is 5.69 Å². The summed E-state index contributed by atoms with van der Waals surface area (Å²) in [5.74, 6) is -0.618. The van der Waals surface area contributed by atoms with E-state index in [4.69, 9.17) is 19.3 Å². The summed E-state index contributed by atoms with van der Waals surface area (Å²) < 4.78 is 21.3. The van der Waals surface area contributed by atoms with E-state index < -0.39 is 11.4 Å². The number of hydrogen-bond donors (Lipinski definition) is 2. The molecule has 2 N–H and O–H groups in total. The van der Waals surface area contributed by atoms with Crippen LogP contribution in [0.2, 0.25) is 0 Å². The van der Waals surface area contributed by atoms with E-state index in [1.54, 1.807) is 26.4 Å². The van der Waals surface area contributed by atoms with Crippen molar-refractivity contribution in [1.82, 2.24) is 35.1 Å². The minimum absolute atomic E-state index is 0.0846. The standard InChI is InChI=1S/C23H27N7O6/c1-23(2,10-19(32)33)9-18(31)25-16-11-34-21-17(12-35-20(16)21)30-22(26-27-28-30)36-15-5-3-14(4-6-15)29-8-7-24-13-29/h3-8,13,16-17,20-21H,9-12H2,1-2H3,(H,25,31)(H,32,33)/t16-,17+,20-,21+/m1/s1. The van der Waals surface area contributed by atoms with Crippen molar-refractivity contribution in [3.63, 3.8) is 0 Å². The Morgan fingerprint density at radius 3 is 2.67 bits per heavy atom. The minimum Gasteiger partial charge on any atom is -0.481 e. The number of nitrogens with zero attached hydrogens (tertiary/aromatic N) is 6. The monoisotopic (exact) mass is 497 g/mol. The first-order chi connectivity index (χ1) is 17.3. The summed E-state index contributed by atoms with van der Waals surface area (Å²) in [6.07, 6.45) is 4.49. The molecule has 0 bridgehead atoms. The van der Waals surface area contributed by atoms with Gasteiger partial charge in [0.25, 0.3) is 0 Å². The molecular formula is C23H27N7O6. The lowest BCUT2D eigenvalue weighted by atomic mass is 9.85. The second-order valence-corrected chi connectivity index (χ2v) is 9.72. The summed E-state index contributed by atoms with van der Waals surface area (Å²) in [7, 11) is 0. The van der Waals surface area contributed by atoms with Crippen LogP contribution in [-0.2, 0) is 19.1 Å². The lowest BCUT2D eigenvalue weighted by molar-refractivity contribution is -0.139. The Kier molecular flexibility index (Phi) is 6.41. The molecule has 0 radical (unpaired) electrons. The molecular weight excluding hydrogens is 470 g/mol. The van der Waals surface area contributed by atoms with Crippen molar-refractivity contribution in [1.29, 1.82) is 0 Å². The number of hydrogen-bond acceptors (Lipinski definition) is 9. The molecule has 0 spiro atoms. The number of carboxylic acid groups (broad SMARTS) is 1. The van der Waals surface area contributed by atoms with Gasteiger partial charge in [-0.15, -0.1) is 0 Å². The largest absolute Gasteiger partial charge is 0.481 e. The summed E-state index contributed by atoms with van der Waals surface area (Å²) in [6.45, 7) is 4.06. The number of carbonyl (C=O) groups is 2. The lowest BCUT2D eigenvalue weighted by Gasteiger charge is -2.24. The number of aromatic nitrogens is 6. The predicted octanol–water partition coefficient (Wildman–Crippen LogP) is 1.37. The fourth-order valence-corrected chi connectivity index (χ4v) is 4.64. The molecule has 3 aromatic rings. The maximum absolute atomic E-state index is 12.6. The molecule has 4 atom stereocenters. The highest BCUT2D eigenvalue weighted by atomic mass is 16.6. The van der Waals surface area contributed by atoms with Gasteiger partial charge in [0, 0.05) is 24.5 Å². The third-order valence-corrected chi connectivity index (χ3v) is 6.27. The van der Waals surface area contributed by atoms with E-state index in [1.165, 1.54) is 4.68 Å². The summed E-state index contributed by atoms with van der Waals surface area (Å²) in [4.78, 5) is 27.7. The van der Waals surface area contributed by atoms with Crippen LogP contribution >= 0.6 is 0 Å². The number of aliphatic carboxylic acids is 1. The SMILES string of the molecule is CC(C)(CC(=O)O)CC(=O)N[C@@H]1CO[C@@H]2[C@@H]1OC[C@@H]2n1nnnc1Oc1ccc(-n2ccnc2)cc1. The number of rotatable bonds is 9. The van der Waals surface area contributed by atoms with E-state index in [9.17, 15) is 9.59 Å². The van der Waals surface area contributed by atoms with Crippen molar-refractivity contribution in [3.8, 4) is 17.4 Å². The number of imidazole rings is 1. The Morgan fingerprint density at radius 1 is 1.17 bits per heavy atom. The van der Waals surface area contributed by atoms with Gasteiger partial charge in [0.1, 0.15) is 24.0 Å². The average molecular weight is 498 g/mol. The zero-order valence-corrected chi connectivity index (χ0v) is 19.9. The van der Waals surface area contributed by atoms with E-state index in [0.717, 1.165) is 5.69 Å². The van der Waals surface area contributed by atoms with Crippen LogP contribution in [0, 0.1) is 5.41 Å². The molecule has 4 heterocycles. The molecule has 1 aromatic carbocycles. The molecule has 13 nitrogen and oxygen atoms in total. The Bertz CT molecular complexity index is 1210. The minimum atomic E-state index is -0.937. The van der Waals surface area contributed by atoms with Gasteiger partial charge in [0.05, 0.1) is 32.0 Å². The van der Waals surface area contributed by atoms with Crippen molar-refractivity contribution < 1.29 is 28.9 Å². The van der Waals surface area contributed by atoms with Crippen LogP contribution in [-0.4, -0.2) is 78.2 Å². The molecule has 36 heavy (non-hydrogen) atoms. The van der Waals surface area contributed by atoms with Gasteiger partial charge < -0.3 is 29.2 Å². The normalized spacial score (nSPS) is 23.4. The van der Waals surface area contributed by atoms with Crippen molar-refractivity contribution in [2.24, 2.45) is 5.41 Å². The highest BCUT2D eigenvalue weighted by Crippen LogP contribution is 2.36. The molecule has 2 aliphatic rings. The summed E-state index contributed by atoms with van der Waals surface area (Å²) in [5, 5.41) is 23.9. The summed E-state index contributed by atoms with van der Waals surface area (Å²) in [6, 6.07) is 6.92. The van der Waals surface area contributed by atoms with Gasteiger partial charge in [0.2, 0.25) is 5.91 Å². The van der Waals surface area contributed by atoms with Gasteiger partial charge in [-0.05, 0) is 40.1 Å². The Morgan fingerprint density at radius 2 is 1.94 bits per heavy atom.